The Morgan fingerprint density at radius 3 is 1.75 bits per heavy atom. The number of hydrogen-bond acceptors (Lipinski definition) is 5. The molecule has 2 aromatic rings. The Bertz CT molecular complexity index is 997. The number of rotatable bonds is 7. The van der Waals surface area contributed by atoms with E-state index in [0.29, 0.717) is 11.5 Å². The lowest BCUT2D eigenvalue weighted by Gasteiger charge is -2.18. The minimum absolute atomic E-state index is 0.0752. The lowest BCUT2D eigenvalue weighted by molar-refractivity contribution is -0.146. The van der Waals surface area contributed by atoms with Gasteiger partial charge in [-0.15, -0.1) is 0 Å². The van der Waals surface area contributed by atoms with Gasteiger partial charge in [-0.25, -0.2) is 5.48 Å². The van der Waals surface area contributed by atoms with Gasteiger partial charge >= 0.3 is 0 Å². The zero-order valence-corrected chi connectivity index (χ0v) is 22.8. The number of amides is 2. The molecule has 7 nitrogen and oxygen atoms in total. The van der Waals surface area contributed by atoms with Gasteiger partial charge in [0.1, 0.15) is 5.41 Å². The van der Waals surface area contributed by atoms with Gasteiger partial charge in [-0.2, -0.15) is 0 Å². The molecule has 0 aliphatic heterocycles. The van der Waals surface area contributed by atoms with Gasteiger partial charge in [0.05, 0.1) is 0 Å². The highest BCUT2D eigenvalue weighted by atomic mass is 16.5. The van der Waals surface area contributed by atoms with Crippen molar-refractivity contribution in [2.24, 2.45) is 11.3 Å². The molecule has 0 spiro atoms. The van der Waals surface area contributed by atoms with E-state index in [1.54, 1.807) is 6.92 Å². The average Bonchev–Trinajstić information content (AvgIpc) is 2.88. The number of Topliss-reactive ketones (excluding diaryl/α,β-unsaturated/α-hetero) is 1. The Hall–Kier alpha value is -3.47. The molecule has 0 unspecified atom stereocenters. The minimum atomic E-state index is -1.23. The highest BCUT2D eigenvalue weighted by Gasteiger charge is 2.34. The maximum Gasteiger partial charge on any atom is 0.258 e. The van der Waals surface area contributed by atoms with Crippen LogP contribution >= 0.6 is 0 Å². The van der Waals surface area contributed by atoms with Crippen molar-refractivity contribution in [1.29, 1.82) is 0 Å². The molecular weight excluding hydrogens is 454 g/mol. The highest BCUT2D eigenvalue weighted by molar-refractivity contribution is 6.03. The fourth-order valence-corrected chi connectivity index (χ4v) is 2.70. The van der Waals surface area contributed by atoms with Crippen LogP contribution in [0, 0.1) is 23.2 Å². The molecule has 0 bridgehead atoms. The van der Waals surface area contributed by atoms with Gasteiger partial charge < -0.3 is 10.6 Å². The number of carbonyl (C=O) groups excluding carboxylic acids is 3. The van der Waals surface area contributed by atoms with Gasteiger partial charge in [0.15, 0.2) is 5.78 Å². The molecule has 36 heavy (non-hydrogen) atoms. The van der Waals surface area contributed by atoms with E-state index in [4.69, 9.17) is 5.21 Å². The quantitative estimate of drug-likeness (QED) is 0.150. The van der Waals surface area contributed by atoms with Gasteiger partial charge in [0.2, 0.25) is 5.91 Å². The van der Waals surface area contributed by atoms with Crippen LogP contribution in [-0.2, 0) is 16.1 Å². The first-order valence-corrected chi connectivity index (χ1v) is 12.1. The molecule has 2 rings (SSSR count). The second kappa shape index (κ2) is 17.0. The second-order valence-electron chi connectivity index (χ2n) is 8.75. The zero-order chi connectivity index (χ0) is 27.7. The summed E-state index contributed by atoms with van der Waals surface area (Å²) < 4.78 is 0. The first-order valence-electron chi connectivity index (χ1n) is 12.1. The summed E-state index contributed by atoms with van der Waals surface area (Å²) in [5.74, 6) is 5.85. The van der Waals surface area contributed by atoms with Gasteiger partial charge in [-0.1, -0.05) is 63.8 Å². The SMILES string of the molecule is CC.CC(=O)c1ccc(C#Cc2ccc(CNCC(C)C)cc2)cc1.CNC(=O)C(C)(C)C(=O)NO. The number of hydrogen-bond donors (Lipinski definition) is 4. The van der Waals surface area contributed by atoms with Crippen molar-refractivity contribution in [3.05, 3.63) is 70.8 Å². The number of ketones is 1. The van der Waals surface area contributed by atoms with Crippen molar-refractivity contribution in [3.8, 4) is 11.8 Å². The number of nitrogens with one attached hydrogen (secondary N) is 3. The van der Waals surface area contributed by atoms with Crippen LogP contribution in [-0.4, -0.2) is 36.4 Å². The van der Waals surface area contributed by atoms with Crippen LogP contribution in [0.1, 0.15) is 75.5 Å². The van der Waals surface area contributed by atoms with E-state index >= 15 is 0 Å². The highest BCUT2D eigenvalue weighted by Crippen LogP contribution is 2.14. The summed E-state index contributed by atoms with van der Waals surface area (Å²) >= 11 is 0. The zero-order valence-electron chi connectivity index (χ0n) is 22.8. The van der Waals surface area contributed by atoms with Crippen LogP contribution in [0.25, 0.3) is 0 Å². The van der Waals surface area contributed by atoms with E-state index in [0.717, 1.165) is 24.2 Å². The predicted octanol–water partition coefficient (Wildman–Crippen LogP) is 4.32. The van der Waals surface area contributed by atoms with E-state index < -0.39 is 17.2 Å². The normalized spacial score (nSPS) is 9.94. The number of carbonyl (C=O) groups is 3. The van der Waals surface area contributed by atoms with Crippen LogP contribution < -0.4 is 16.1 Å². The lowest BCUT2D eigenvalue weighted by atomic mass is 9.92. The molecule has 4 N–H and O–H groups in total. The molecule has 0 fully saturated rings. The fourth-order valence-electron chi connectivity index (χ4n) is 2.70. The molecule has 0 aliphatic rings. The number of hydroxylamine groups is 1. The third kappa shape index (κ3) is 11.8. The average molecular weight is 496 g/mol. The first-order chi connectivity index (χ1) is 17.0. The van der Waals surface area contributed by atoms with Crippen LogP contribution in [0.2, 0.25) is 0 Å². The van der Waals surface area contributed by atoms with Crippen LogP contribution in [0.4, 0.5) is 0 Å². The van der Waals surface area contributed by atoms with Gasteiger partial charge in [0, 0.05) is 30.3 Å². The Balaban J connectivity index is 0.000000796. The Morgan fingerprint density at radius 2 is 1.36 bits per heavy atom. The molecule has 0 radical (unpaired) electrons. The van der Waals surface area contributed by atoms with Gasteiger partial charge in [0.25, 0.3) is 5.91 Å². The molecule has 0 heterocycles. The summed E-state index contributed by atoms with van der Waals surface area (Å²) in [6.07, 6.45) is 0. The maximum absolute atomic E-state index is 11.2. The summed E-state index contributed by atoms with van der Waals surface area (Å²) in [6.45, 7) is 14.7. The number of benzene rings is 2. The molecule has 0 saturated carbocycles. The Kier molecular flexibility index (Phi) is 15.4. The van der Waals surface area contributed by atoms with E-state index in [1.165, 1.54) is 31.9 Å². The van der Waals surface area contributed by atoms with Crippen molar-refractivity contribution in [2.75, 3.05) is 13.6 Å². The van der Waals surface area contributed by atoms with Gasteiger partial charge in [-0.05, 0) is 63.1 Å². The molecule has 0 aliphatic carbocycles. The van der Waals surface area contributed by atoms with E-state index in [2.05, 4.69) is 48.5 Å². The van der Waals surface area contributed by atoms with Crippen molar-refractivity contribution < 1.29 is 19.6 Å². The van der Waals surface area contributed by atoms with Crippen molar-refractivity contribution in [2.45, 2.75) is 55.0 Å². The van der Waals surface area contributed by atoms with Crippen LogP contribution in [0.3, 0.4) is 0 Å². The fraction of sp³-hybridized carbons (Fsp3) is 0.414. The van der Waals surface area contributed by atoms with Gasteiger partial charge in [-0.3, -0.25) is 19.6 Å². The molecule has 2 aromatic carbocycles. The third-order valence-electron chi connectivity index (χ3n) is 4.94. The van der Waals surface area contributed by atoms with Crippen LogP contribution in [0.5, 0.6) is 0 Å². The summed E-state index contributed by atoms with van der Waals surface area (Å²) in [7, 11) is 1.43. The summed E-state index contributed by atoms with van der Waals surface area (Å²) in [4.78, 5) is 33.0. The van der Waals surface area contributed by atoms with Crippen molar-refractivity contribution in [1.82, 2.24) is 16.1 Å². The monoisotopic (exact) mass is 495 g/mol. The third-order valence-corrected chi connectivity index (χ3v) is 4.94. The molecule has 196 valence electrons. The Morgan fingerprint density at radius 1 is 0.889 bits per heavy atom. The molecule has 7 heteroatoms. The smallest absolute Gasteiger partial charge is 0.258 e. The van der Waals surface area contributed by atoms with Crippen molar-refractivity contribution in [3.63, 3.8) is 0 Å². The topological polar surface area (TPSA) is 108 Å². The first kappa shape index (κ1) is 32.5. The molecule has 0 aromatic heterocycles. The summed E-state index contributed by atoms with van der Waals surface area (Å²) in [5.41, 5.74) is 4.08. The second-order valence-corrected chi connectivity index (χ2v) is 8.75. The van der Waals surface area contributed by atoms with Crippen molar-refractivity contribution >= 4 is 17.6 Å². The molecule has 2 amide bonds. The predicted molar refractivity (Wildman–Crippen MR) is 145 cm³/mol. The van der Waals surface area contributed by atoms with E-state index in [1.807, 2.05) is 50.2 Å². The minimum Gasteiger partial charge on any atom is -0.358 e. The van der Waals surface area contributed by atoms with E-state index in [9.17, 15) is 14.4 Å². The van der Waals surface area contributed by atoms with Crippen LogP contribution in [0.15, 0.2) is 48.5 Å². The largest absolute Gasteiger partial charge is 0.358 e. The standard InChI is InChI=1S/C21H23NO.C6H12N2O3.C2H6/c1-16(2)14-22-15-20-8-6-18(7-9-20)4-5-19-10-12-21(13-11-19)17(3)23;1-6(2,4(9)7-3)5(10)8-11;1-2/h6-13,16,22H,14-15H2,1-3H3;11H,1-3H3,(H,7,9)(H,8,10);1-2H3. The molecule has 0 saturated heterocycles. The Labute approximate surface area is 216 Å². The molecular formula is C29H41N3O4. The van der Waals surface area contributed by atoms with E-state index in [-0.39, 0.29) is 5.78 Å². The lowest BCUT2D eigenvalue weighted by Crippen LogP contribution is -2.45. The summed E-state index contributed by atoms with van der Waals surface area (Å²) in [5, 5.41) is 14.0. The molecule has 0 atom stereocenters. The summed E-state index contributed by atoms with van der Waals surface area (Å²) in [6, 6.07) is 15.7. The maximum atomic E-state index is 11.2.